The molecular weight excluding hydrogens is 341 g/mol. The molecule has 2 aromatic carbocycles. The van der Waals surface area contributed by atoms with Gasteiger partial charge < -0.3 is 5.32 Å². The first-order chi connectivity index (χ1) is 12.4. The normalized spacial score (nSPS) is 15.7. The lowest BCUT2D eigenvalue weighted by Crippen LogP contribution is -2.39. The fraction of sp³-hybridized carbons (Fsp3) is 0.350. The second-order valence-corrected chi connectivity index (χ2v) is 6.67. The second kappa shape index (κ2) is 7.50. The summed E-state index contributed by atoms with van der Waals surface area (Å²) in [4.78, 5) is 14.4. The quantitative estimate of drug-likeness (QED) is 0.837. The van der Waals surface area contributed by atoms with Crippen molar-refractivity contribution in [3.05, 3.63) is 71.3 Å². The summed E-state index contributed by atoms with van der Waals surface area (Å²) >= 11 is 0. The third-order valence-corrected chi connectivity index (χ3v) is 4.47. The highest BCUT2D eigenvalue weighted by Gasteiger charge is 2.35. The summed E-state index contributed by atoms with van der Waals surface area (Å²) in [5, 5.41) is 2.96. The van der Waals surface area contributed by atoms with Crippen LogP contribution in [0.15, 0.2) is 54.6 Å². The average Bonchev–Trinajstić information content (AvgIpc) is 3.39. The lowest BCUT2D eigenvalue weighted by molar-refractivity contribution is -0.138. The maximum atomic E-state index is 13.3. The molecule has 1 N–H and O–H groups in total. The van der Waals surface area contributed by atoms with E-state index in [9.17, 15) is 18.0 Å². The summed E-state index contributed by atoms with van der Waals surface area (Å²) < 4.78 is 39.8. The number of carbonyl (C=O) groups is 1. The predicted octanol–water partition coefficient (Wildman–Crippen LogP) is 4.16. The maximum absolute atomic E-state index is 13.3. The molecule has 3 nitrogen and oxygen atoms in total. The molecule has 138 valence electrons. The second-order valence-electron chi connectivity index (χ2n) is 6.67. The summed E-state index contributed by atoms with van der Waals surface area (Å²) in [6.45, 7) is 0.0212. The van der Waals surface area contributed by atoms with Gasteiger partial charge in [0.25, 0.3) is 0 Å². The van der Waals surface area contributed by atoms with Crippen LogP contribution in [0.3, 0.4) is 0 Å². The minimum Gasteiger partial charge on any atom is -0.352 e. The standard InChI is InChI=1S/C20H21F3N2O/c1-25(13-15-9-5-6-10-17(15)20(21,22)23)18(14-7-3-2-4-8-14)19(26)24-16-11-12-16/h2-10,16,18H,11-13H2,1H3,(H,24,26)/t18-/m1/s1. The Balaban J connectivity index is 1.86. The smallest absolute Gasteiger partial charge is 0.352 e. The van der Waals surface area contributed by atoms with Crippen LogP contribution in [-0.2, 0) is 17.5 Å². The van der Waals surface area contributed by atoms with Gasteiger partial charge in [-0.1, -0.05) is 48.5 Å². The number of amides is 1. The van der Waals surface area contributed by atoms with Crippen molar-refractivity contribution in [2.75, 3.05) is 7.05 Å². The van der Waals surface area contributed by atoms with Gasteiger partial charge in [0.2, 0.25) is 5.91 Å². The number of carbonyl (C=O) groups excluding carboxylic acids is 1. The molecule has 0 heterocycles. The molecule has 0 radical (unpaired) electrons. The predicted molar refractivity (Wildman–Crippen MR) is 93.3 cm³/mol. The Morgan fingerprint density at radius 1 is 1.12 bits per heavy atom. The topological polar surface area (TPSA) is 32.3 Å². The van der Waals surface area contributed by atoms with Crippen molar-refractivity contribution in [2.45, 2.75) is 37.6 Å². The van der Waals surface area contributed by atoms with E-state index in [0.29, 0.717) is 0 Å². The maximum Gasteiger partial charge on any atom is 0.416 e. The molecule has 6 heteroatoms. The molecular formula is C20H21F3N2O. The molecule has 0 aromatic heterocycles. The number of hydrogen-bond donors (Lipinski definition) is 1. The van der Waals surface area contributed by atoms with Crippen LogP contribution in [0.1, 0.15) is 35.6 Å². The number of alkyl halides is 3. The molecule has 0 aliphatic heterocycles. The Kier molecular flexibility index (Phi) is 5.32. The summed E-state index contributed by atoms with van der Waals surface area (Å²) in [6, 6.07) is 14.2. The Hall–Kier alpha value is -2.34. The minimum absolute atomic E-state index is 0.0212. The van der Waals surface area contributed by atoms with E-state index in [0.717, 1.165) is 24.5 Å². The molecule has 0 unspecified atom stereocenters. The van der Waals surface area contributed by atoms with Gasteiger partial charge in [0.15, 0.2) is 0 Å². The van der Waals surface area contributed by atoms with Gasteiger partial charge in [-0.25, -0.2) is 0 Å². The molecule has 0 saturated heterocycles. The van der Waals surface area contributed by atoms with E-state index in [-0.39, 0.29) is 24.1 Å². The molecule has 1 fully saturated rings. The molecule has 2 aromatic rings. The molecule has 1 amide bonds. The summed E-state index contributed by atoms with van der Waals surface area (Å²) in [7, 11) is 1.68. The van der Waals surface area contributed by atoms with Gasteiger partial charge in [0.1, 0.15) is 6.04 Å². The first kappa shape index (κ1) is 18.5. The summed E-state index contributed by atoms with van der Waals surface area (Å²) in [6.07, 6.45) is -2.52. The molecule has 3 rings (SSSR count). The number of nitrogens with one attached hydrogen (secondary N) is 1. The molecule has 1 atom stereocenters. The zero-order chi connectivity index (χ0) is 18.7. The monoisotopic (exact) mass is 362 g/mol. The Morgan fingerprint density at radius 2 is 1.73 bits per heavy atom. The van der Waals surface area contributed by atoms with Crippen molar-refractivity contribution in [1.82, 2.24) is 10.2 Å². The SMILES string of the molecule is CN(Cc1ccccc1C(F)(F)F)[C@@H](C(=O)NC1CC1)c1ccccc1. The Morgan fingerprint density at radius 3 is 2.35 bits per heavy atom. The van der Waals surface area contributed by atoms with E-state index >= 15 is 0 Å². The zero-order valence-corrected chi connectivity index (χ0v) is 14.5. The van der Waals surface area contributed by atoms with E-state index in [1.165, 1.54) is 12.1 Å². The van der Waals surface area contributed by atoms with Crippen molar-refractivity contribution >= 4 is 5.91 Å². The third-order valence-electron chi connectivity index (χ3n) is 4.47. The number of nitrogens with zero attached hydrogens (tertiary/aromatic N) is 1. The summed E-state index contributed by atoms with van der Waals surface area (Å²) in [5.41, 5.74) is 0.251. The Labute approximate surface area is 150 Å². The first-order valence-corrected chi connectivity index (χ1v) is 8.57. The van der Waals surface area contributed by atoms with Crippen LogP contribution in [0, 0.1) is 0 Å². The largest absolute Gasteiger partial charge is 0.416 e. The van der Waals surface area contributed by atoms with Crippen molar-refractivity contribution < 1.29 is 18.0 Å². The number of benzene rings is 2. The minimum atomic E-state index is -4.42. The lowest BCUT2D eigenvalue weighted by atomic mass is 10.0. The van der Waals surface area contributed by atoms with Gasteiger partial charge in [0, 0.05) is 12.6 Å². The van der Waals surface area contributed by atoms with Crippen LogP contribution < -0.4 is 5.32 Å². The van der Waals surface area contributed by atoms with Crippen molar-refractivity contribution in [3.8, 4) is 0 Å². The molecule has 0 bridgehead atoms. The zero-order valence-electron chi connectivity index (χ0n) is 14.5. The number of rotatable bonds is 6. The highest BCUT2D eigenvalue weighted by atomic mass is 19.4. The first-order valence-electron chi connectivity index (χ1n) is 8.57. The molecule has 1 saturated carbocycles. The highest BCUT2D eigenvalue weighted by Crippen LogP contribution is 2.33. The van der Waals surface area contributed by atoms with E-state index in [4.69, 9.17) is 0 Å². The van der Waals surface area contributed by atoms with Gasteiger partial charge in [0.05, 0.1) is 5.56 Å². The lowest BCUT2D eigenvalue weighted by Gasteiger charge is -2.28. The van der Waals surface area contributed by atoms with Crippen molar-refractivity contribution in [3.63, 3.8) is 0 Å². The molecule has 1 aliphatic carbocycles. The van der Waals surface area contributed by atoms with Crippen LogP contribution in [0.25, 0.3) is 0 Å². The average molecular weight is 362 g/mol. The van der Waals surface area contributed by atoms with Crippen molar-refractivity contribution in [2.24, 2.45) is 0 Å². The summed E-state index contributed by atoms with van der Waals surface area (Å²) in [5.74, 6) is -0.175. The van der Waals surface area contributed by atoms with Gasteiger partial charge in [-0.15, -0.1) is 0 Å². The van der Waals surface area contributed by atoms with E-state index < -0.39 is 17.8 Å². The van der Waals surface area contributed by atoms with Crippen LogP contribution in [0.4, 0.5) is 13.2 Å². The molecule has 1 aliphatic rings. The van der Waals surface area contributed by atoms with E-state index in [1.807, 2.05) is 30.3 Å². The number of halogens is 3. The highest BCUT2D eigenvalue weighted by molar-refractivity contribution is 5.83. The fourth-order valence-corrected chi connectivity index (χ4v) is 3.04. The Bertz CT molecular complexity index is 757. The van der Waals surface area contributed by atoms with Crippen LogP contribution in [0.2, 0.25) is 0 Å². The van der Waals surface area contributed by atoms with Gasteiger partial charge >= 0.3 is 6.18 Å². The van der Waals surface area contributed by atoms with Crippen molar-refractivity contribution in [1.29, 1.82) is 0 Å². The third kappa shape index (κ3) is 4.43. The van der Waals surface area contributed by atoms with Gasteiger partial charge in [-0.3, -0.25) is 9.69 Å². The van der Waals surface area contributed by atoms with E-state index in [2.05, 4.69) is 5.32 Å². The fourth-order valence-electron chi connectivity index (χ4n) is 3.04. The molecule has 0 spiro atoms. The van der Waals surface area contributed by atoms with Gasteiger partial charge in [-0.05, 0) is 37.1 Å². The number of likely N-dealkylation sites (N-methyl/N-ethyl adjacent to an activating group) is 1. The van der Waals surface area contributed by atoms with Crippen LogP contribution >= 0.6 is 0 Å². The molecule has 26 heavy (non-hydrogen) atoms. The van der Waals surface area contributed by atoms with Crippen LogP contribution in [0.5, 0.6) is 0 Å². The van der Waals surface area contributed by atoms with Gasteiger partial charge in [-0.2, -0.15) is 13.2 Å². The van der Waals surface area contributed by atoms with E-state index in [1.54, 1.807) is 18.0 Å². The van der Waals surface area contributed by atoms with Crippen LogP contribution in [-0.4, -0.2) is 23.9 Å². The number of hydrogen-bond acceptors (Lipinski definition) is 2.